The van der Waals surface area contributed by atoms with Crippen LogP contribution in [0.1, 0.15) is 66.2 Å². The third kappa shape index (κ3) is 2.30. The zero-order chi connectivity index (χ0) is 20.9. The maximum absolute atomic E-state index is 12.8. The molecule has 0 amide bonds. The first-order valence-electron chi connectivity index (χ1n) is 11.2. The lowest BCUT2D eigenvalue weighted by Crippen LogP contribution is -2.59. The quantitative estimate of drug-likeness (QED) is 0.490. The molecule has 0 heterocycles. The lowest BCUT2D eigenvalue weighted by molar-refractivity contribution is -0.187. The summed E-state index contributed by atoms with van der Waals surface area (Å²) >= 11 is 6.93. The fraction of sp³-hybridized carbons (Fsp3) is 0.792. The molecule has 9 atom stereocenters. The Balaban J connectivity index is 1.55. The van der Waals surface area contributed by atoms with Crippen molar-refractivity contribution in [1.29, 1.82) is 0 Å². The molecule has 5 aliphatic rings. The standard InChI is InChI=1S/C24H31ClO4/c1-12(26)24(29-13(2)27)8-6-16-14-10-20(25)19-11-21(28)15-9-18(15)23(19,4)17(14)5-7-22(16,24)3/h11,14-18,20H,5-10H2,1-4H3/t14-,15+,16-,17-,18-,20?,22-,23-,24-/m0/s1. The molecule has 0 bridgehead atoms. The lowest BCUT2D eigenvalue weighted by Gasteiger charge is -2.60. The second-order valence-corrected chi connectivity index (χ2v) is 11.3. The second-order valence-electron chi connectivity index (χ2n) is 10.8. The van der Waals surface area contributed by atoms with Crippen LogP contribution in [0.3, 0.4) is 0 Å². The van der Waals surface area contributed by atoms with Gasteiger partial charge in [0.2, 0.25) is 0 Å². The Morgan fingerprint density at radius 1 is 1.07 bits per heavy atom. The summed E-state index contributed by atoms with van der Waals surface area (Å²) in [4.78, 5) is 37.2. The summed E-state index contributed by atoms with van der Waals surface area (Å²) in [5.41, 5.74) is -0.174. The maximum atomic E-state index is 12.8. The average Bonchev–Trinajstić information content (AvgIpc) is 3.39. The molecule has 5 heteroatoms. The Bertz CT molecular complexity index is 848. The molecule has 4 saturated carbocycles. The van der Waals surface area contributed by atoms with E-state index in [2.05, 4.69) is 13.8 Å². The van der Waals surface area contributed by atoms with Gasteiger partial charge in [-0.2, -0.15) is 0 Å². The lowest BCUT2D eigenvalue weighted by atomic mass is 9.46. The van der Waals surface area contributed by atoms with Crippen molar-refractivity contribution >= 4 is 29.1 Å². The summed E-state index contributed by atoms with van der Waals surface area (Å²) in [6.45, 7) is 7.51. The van der Waals surface area contributed by atoms with E-state index in [-0.39, 0.29) is 39.7 Å². The van der Waals surface area contributed by atoms with Gasteiger partial charge in [-0.05, 0) is 86.2 Å². The van der Waals surface area contributed by atoms with Crippen LogP contribution in [0.2, 0.25) is 0 Å². The van der Waals surface area contributed by atoms with Crippen LogP contribution in [0.25, 0.3) is 0 Å². The van der Waals surface area contributed by atoms with E-state index in [1.54, 1.807) is 6.92 Å². The number of carbonyl (C=O) groups is 3. The number of Topliss-reactive ketones (excluding diaryl/α,β-unsaturated/α-hetero) is 1. The first-order chi connectivity index (χ1) is 13.6. The minimum atomic E-state index is -1.00. The molecule has 0 aromatic carbocycles. The van der Waals surface area contributed by atoms with E-state index in [1.165, 1.54) is 12.5 Å². The number of ether oxygens (including phenoxy) is 1. The monoisotopic (exact) mass is 418 g/mol. The predicted octanol–water partition coefficient (Wildman–Crippen LogP) is 4.48. The van der Waals surface area contributed by atoms with Crippen molar-refractivity contribution < 1.29 is 19.1 Å². The minimum Gasteiger partial charge on any atom is -0.451 e. The first kappa shape index (κ1) is 19.8. The minimum absolute atomic E-state index is 0.00184. The van der Waals surface area contributed by atoms with Crippen LogP contribution in [0.4, 0.5) is 0 Å². The maximum Gasteiger partial charge on any atom is 0.303 e. The molecule has 0 spiro atoms. The van der Waals surface area contributed by atoms with Crippen molar-refractivity contribution in [3.63, 3.8) is 0 Å². The Morgan fingerprint density at radius 3 is 2.41 bits per heavy atom. The fourth-order valence-corrected chi connectivity index (χ4v) is 9.01. The van der Waals surface area contributed by atoms with E-state index in [1.807, 2.05) is 6.08 Å². The molecule has 0 radical (unpaired) electrons. The van der Waals surface area contributed by atoms with E-state index in [4.69, 9.17) is 16.3 Å². The number of hydrogen-bond acceptors (Lipinski definition) is 4. The molecule has 0 aromatic rings. The number of rotatable bonds is 2. The van der Waals surface area contributed by atoms with Gasteiger partial charge in [0, 0.05) is 18.3 Å². The highest BCUT2D eigenvalue weighted by atomic mass is 35.5. The van der Waals surface area contributed by atoms with Crippen LogP contribution < -0.4 is 0 Å². The van der Waals surface area contributed by atoms with Gasteiger partial charge in [0.1, 0.15) is 0 Å². The first-order valence-corrected chi connectivity index (χ1v) is 11.6. The van der Waals surface area contributed by atoms with Crippen LogP contribution in [-0.4, -0.2) is 28.5 Å². The van der Waals surface area contributed by atoms with Crippen molar-refractivity contribution in [2.45, 2.75) is 77.2 Å². The van der Waals surface area contributed by atoms with Gasteiger partial charge in [-0.25, -0.2) is 0 Å². The summed E-state index contributed by atoms with van der Waals surface area (Å²) in [7, 11) is 0. The Labute approximate surface area is 177 Å². The number of esters is 1. The number of ketones is 2. The number of hydrogen-bond donors (Lipinski definition) is 0. The van der Waals surface area contributed by atoms with Gasteiger partial charge in [0.25, 0.3) is 0 Å². The van der Waals surface area contributed by atoms with Crippen molar-refractivity contribution in [3.05, 3.63) is 11.6 Å². The van der Waals surface area contributed by atoms with Crippen LogP contribution in [0.15, 0.2) is 11.6 Å². The summed E-state index contributed by atoms with van der Waals surface area (Å²) in [6, 6.07) is 0. The number of alkyl halides is 1. The highest BCUT2D eigenvalue weighted by Gasteiger charge is 2.71. The number of fused-ring (bicyclic) bond motifs is 7. The average molecular weight is 419 g/mol. The van der Waals surface area contributed by atoms with Crippen molar-refractivity contribution in [2.75, 3.05) is 0 Å². The second kappa shape index (κ2) is 5.96. The van der Waals surface area contributed by atoms with E-state index in [9.17, 15) is 14.4 Å². The topological polar surface area (TPSA) is 60.4 Å². The molecule has 29 heavy (non-hydrogen) atoms. The van der Waals surface area contributed by atoms with E-state index >= 15 is 0 Å². The Morgan fingerprint density at radius 2 is 1.76 bits per heavy atom. The van der Waals surface area contributed by atoms with Gasteiger partial charge >= 0.3 is 5.97 Å². The zero-order valence-corrected chi connectivity index (χ0v) is 18.6. The zero-order valence-electron chi connectivity index (χ0n) is 17.8. The molecule has 5 aliphatic carbocycles. The molecule has 0 saturated heterocycles. The van der Waals surface area contributed by atoms with Crippen LogP contribution in [0, 0.1) is 40.4 Å². The SMILES string of the molecule is CC(=O)O[C@]1(C(C)=O)CC[C@H]2[C@@H]3CC(Cl)C4=CC(=O)[C@@H]5C[C@@H]5[C@]4(C)[C@H]3CC[C@@]21C. The van der Waals surface area contributed by atoms with E-state index in [0.717, 1.165) is 32.1 Å². The van der Waals surface area contributed by atoms with E-state index in [0.29, 0.717) is 30.1 Å². The smallest absolute Gasteiger partial charge is 0.303 e. The number of allylic oxidation sites excluding steroid dienone is 1. The Hall–Kier alpha value is -1.16. The summed E-state index contributed by atoms with van der Waals surface area (Å²) in [6.07, 6.45) is 7.12. The molecular weight excluding hydrogens is 388 g/mol. The molecule has 1 unspecified atom stereocenters. The third-order valence-electron chi connectivity index (χ3n) is 9.88. The van der Waals surface area contributed by atoms with Crippen LogP contribution in [-0.2, 0) is 19.1 Å². The van der Waals surface area contributed by atoms with Crippen molar-refractivity contribution in [1.82, 2.24) is 0 Å². The largest absolute Gasteiger partial charge is 0.451 e. The van der Waals surface area contributed by atoms with Crippen LogP contribution in [0.5, 0.6) is 0 Å². The molecule has 4 fully saturated rings. The van der Waals surface area contributed by atoms with Crippen LogP contribution >= 0.6 is 11.6 Å². The normalized spacial score (nSPS) is 52.4. The number of carbonyl (C=O) groups excluding carboxylic acids is 3. The van der Waals surface area contributed by atoms with Crippen molar-refractivity contribution in [2.24, 2.45) is 40.4 Å². The van der Waals surface area contributed by atoms with Gasteiger partial charge in [0.05, 0.1) is 5.38 Å². The molecule has 4 nitrogen and oxygen atoms in total. The number of halogens is 1. The highest BCUT2D eigenvalue weighted by molar-refractivity contribution is 6.23. The molecule has 5 rings (SSSR count). The van der Waals surface area contributed by atoms with Gasteiger partial charge in [-0.3, -0.25) is 14.4 Å². The van der Waals surface area contributed by atoms with Gasteiger partial charge < -0.3 is 4.74 Å². The van der Waals surface area contributed by atoms with Gasteiger partial charge in [-0.15, -0.1) is 11.6 Å². The molecule has 0 aromatic heterocycles. The Kier molecular flexibility index (Phi) is 4.07. The van der Waals surface area contributed by atoms with Gasteiger partial charge in [0.15, 0.2) is 17.2 Å². The summed E-state index contributed by atoms with van der Waals surface area (Å²) in [5.74, 6) is 1.73. The van der Waals surface area contributed by atoms with E-state index < -0.39 is 5.60 Å². The molecule has 0 aliphatic heterocycles. The summed E-state index contributed by atoms with van der Waals surface area (Å²) < 4.78 is 5.84. The highest BCUT2D eigenvalue weighted by Crippen LogP contribution is 2.73. The molecular formula is C24H31ClO4. The molecule has 158 valence electrons. The van der Waals surface area contributed by atoms with Crippen molar-refractivity contribution in [3.8, 4) is 0 Å². The van der Waals surface area contributed by atoms with Gasteiger partial charge in [-0.1, -0.05) is 13.8 Å². The molecule has 0 N–H and O–H groups in total. The summed E-state index contributed by atoms with van der Waals surface area (Å²) in [5, 5.41) is -0.116. The third-order valence-corrected chi connectivity index (χ3v) is 10.3. The fourth-order valence-electron chi connectivity index (χ4n) is 8.51. The predicted molar refractivity (Wildman–Crippen MR) is 109 cm³/mol.